The van der Waals surface area contributed by atoms with E-state index < -0.39 is 0 Å². The number of pyridine rings is 2. The summed E-state index contributed by atoms with van der Waals surface area (Å²) in [5.74, 6) is 0.628. The van der Waals surface area contributed by atoms with E-state index in [0.29, 0.717) is 19.0 Å². The Morgan fingerprint density at radius 3 is 2.59 bits per heavy atom. The van der Waals surface area contributed by atoms with Gasteiger partial charge in [-0.15, -0.1) is 0 Å². The van der Waals surface area contributed by atoms with Crippen molar-refractivity contribution in [2.24, 2.45) is 4.99 Å². The Hall–Kier alpha value is -2.23. The average molecular weight is 225 g/mol. The molecule has 17 heavy (non-hydrogen) atoms. The van der Waals surface area contributed by atoms with Crippen LogP contribution in [0.3, 0.4) is 0 Å². The molecule has 1 aliphatic rings. The van der Waals surface area contributed by atoms with Crippen molar-refractivity contribution in [2.45, 2.75) is 0 Å². The average Bonchev–Trinajstić information content (AvgIpc) is 2.94. The van der Waals surface area contributed by atoms with Gasteiger partial charge in [-0.1, -0.05) is 12.1 Å². The minimum atomic E-state index is 0.628. The van der Waals surface area contributed by atoms with E-state index in [2.05, 4.69) is 15.0 Å². The van der Waals surface area contributed by atoms with Crippen LogP contribution < -0.4 is 0 Å². The third-order valence-corrected chi connectivity index (χ3v) is 2.48. The highest BCUT2D eigenvalue weighted by molar-refractivity contribution is 5.93. The van der Waals surface area contributed by atoms with Crippen molar-refractivity contribution >= 4 is 5.90 Å². The Morgan fingerprint density at radius 2 is 1.82 bits per heavy atom. The summed E-state index contributed by atoms with van der Waals surface area (Å²) in [6.45, 7) is 1.36. The van der Waals surface area contributed by atoms with E-state index >= 15 is 0 Å². The lowest BCUT2D eigenvalue weighted by atomic mass is 10.2. The van der Waals surface area contributed by atoms with Crippen molar-refractivity contribution in [1.29, 1.82) is 0 Å². The second-order valence-electron chi connectivity index (χ2n) is 3.66. The predicted octanol–water partition coefficient (Wildman–Crippen LogP) is 1.92. The van der Waals surface area contributed by atoms with E-state index in [1.165, 1.54) is 0 Å². The van der Waals surface area contributed by atoms with Crippen LogP contribution in [0.1, 0.15) is 5.69 Å². The van der Waals surface area contributed by atoms with Gasteiger partial charge in [0, 0.05) is 6.20 Å². The standard InChI is InChI=1S/C13H11N3O/c1-2-7-14-10(4-1)11-5-3-6-12(16-11)13-15-8-9-17-13/h1-7H,8-9H2. The molecule has 0 aliphatic carbocycles. The number of hydrogen-bond acceptors (Lipinski definition) is 4. The molecule has 0 bridgehead atoms. The van der Waals surface area contributed by atoms with E-state index in [0.717, 1.165) is 17.1 Å². The number of aliphatic imine (C=N–C) groups is 1. The maximum absolute atomic E-state index is 5.40. The monoisotopic (exact) mass is 225 g/mol. The molecular formula is C13H11N3O. The molecule has 0 atom stereocenters. The van der Waals surface area contributed by atoms with Gasteiger partial charge in [-0.25, -0.2) is 9.98 Å². The summed E-state index contributed by atoms with van der Waals surface area (Å²) < 4.78 is 5.40. The molecule has 0 radical (unpaired) electrons. The lowest BCUT2D eigenvalue weighted by molar-refractivity contribution is 0.347. The summed E-state index contributed by atoms with van der Waals surface area (Å²) >= 11 is 0. The highest BCUT2D eigenvalue weighted by Crippen LogP contribution is 2.15. The zero-order valence-electron chi connectivity index (χ0n) is 9.21. The molecule has 2 aromatic heterocycles. The van der Waals surface area contributed by atoms with Gasteiger partial charge in [-0.2, -0.15) is 0 Å². The number of ether oxygens (including phenoxy) is 1. The first-order chi connectivity index (χ1) is 8.43. The third kappa shape index (κ3) is 2.01. The van der Waals surface area contributed by atoms with Gasteiger partial charge in [0.05, 0.1) is 17.9 Å². The molecule has 3 rings (SSSR count). The smallest absolute Gasteiger partial charge is 0.235 e. The van der Waals surface area contributed by atoms with Crippen LogP contribution in [0.5, 0.6) is 0 Å². The quantitative estimate of drug-likeness (QED) is 0.784. The molecule has 2 aromatic rings. The molecular weight excluding hydrogens is 214 g/mol. The van der Waals surface area contributed by atoms with Crippen molar-refractivity contribution in [2.75, 3.05) is 13.2 Å². The van der Waals surface area contributed by atoms with E-state index in [9.17, 15) is 0 Å². The minimum Gasteiger partial charge on any atom is -0.474 e. The zero-order chi connectivity index (χ0) is 11.5. The highest BCUT2D eigenvalue weighted by Gasteiger charge is 2.12. The van der Waals surface area contributed by atoms with Crippen molar-refractivity contribution < 1.29 is 4.74 Å². The maximum Gasteiger partial charge on any atom is 0.235 e. The topological polar surface area (TPSA) is 47.4 Å². The lowest BCUT2D eigenvalue weighted by Gasteiger charge is -2.03. The molecule has 0 spiro atoms. The summed E-state index contributed by atoms with van der Waals surface area (Å²) in [6, 6.07) is 11.5. The number of nitrogens with zero attached hydrogens (tertiary/aromatic N) is 3. The van der Waals surface area contributed by atoms with E-state index in [1.807, 2.05) is 36.4 Å². The Bertz CT molecular complexity index is 552. The van der Waals surface area contributed by atoms with E-state index in [4.69, 9.17) is 4.74 Å². The molecule has 4 heteroatoms. The van der Waals surface area contributed by atoms with Gasteiger partial charge in [0.1, 0.15) is 12.3 Å². The van der Waals surface area contributed by atoms with E-state index in [-0.39, 0.29) is 0 Å². The third-order valence-electron chi connectivity index (χ3n) is 2.48. The van der Waals surface area contributed by atoms with E-state index in [1.54, 1.807) is 6.20 Å². The fourth-order valence-corrected chi connectivity index (χ4v) is 1.70. The summed E-state index contributed by atoms with van der Waals surface area (Å²) in [7, 11) is 0. The van der Waals surface area contributed by atoms with Gasteiger partial charge in [0.25, 0.3) is 0 Å². The van der Waals surface area contributed by atoms with Crippen LogP contribution in [-0.2, 0) is 4.74 Å². The van der Waals surface area contributed by atoms with Gasteiger partial charge >= 0.3 is 0 Å². The number of rotatable bonds is 2. The molecule has 4 nitrogen and oxygen atoms in total. The van der Waals surface area contributed by atoms with Crippen molar-refractivity contribution in [3.63, 3.8) is 0 Å². The normalized spacial score (nSPS) is 14.2. The summed E-state index contributed by atoms with van der Waals surface area (Å²) in [6.07, 6.45) is 1.76. The molecule has 0 saturated heterocycles. The van der Waals surface area contributed by atoms with Crippen molar-refractivity contribution in [3.05, 3.63) is 48.3 Å². The molecule has 0 saturated carbocycles. The molecule has 84 valence electrons. The first-order valence-corrected chi connectivity index (χ1v) is 5.49. The van der Waals surface area contributed by atoms with Gasteiger partial charge in [0.15, 0.2) is 0 Å². The molecule has 0 N–H and O–H groups in total. The van der Waals surface area contributed by atoms with Crippen LogP contribution >= 0.6 is 0 Å². The first-order valence-electron chi connectivity index (χ1n) is 5.49. The SMILES string of the molecule is c1ccc(-c2cccc(C3=NCCO3)n2)nc1. The van der Waals surface area contributed by atoms with Crippen LogP contribution in [0, 0.1) is 0 Å². The molecule has 0 aromatic carbocycles. The summed E-state index contributed by atoms with van der Waals surface area (Å²) in [4.78, 5) is 13.0. The van der Waals surface area contributed by atoms with Crippen LogP contribution in [0.2, 0.25) is 0 Å². The van der Waals surface area contributed by atoms with Crippen LogP contribution in [0.15, 0.2) is 47.6 Å². The Balaban J connectivity index is 2.00. The fourth-order valence-electron chi connectivity index (χ4n) is 1.70. The molecule has 0 amide bonds. The lowest BCUT2D eigenvalue weighted by Crippen LogP contribution is -2.04. The maximum atomic E-state index is 5.40. The summed E-state index contributed by atoms with van der Waals surface area (Å²) in [5, 5.41) is 0. The molecule has 3 heterocycles. The second-order valence-corrected chi connectivity index (χ2v) is 3.66. The van der Waals surface area contributed by atoms with Gasteiger partial charge in [-0.05, 0) is 24.3 Å². The van der Waals surface area contributed by atoms with Gasteiger partial charge in [0.2, 0.25) is 5.90 Å². The van der Waals surface area contributed by atoms with Crippen LogP contribution in [0.25, 0.3) is 11.4 Å². The van der Waals surface area contributed by atoms with Gasteiger partial charge < -0.3 is 4.74 Å². The Labute approximate surface area is 99.0 Å². The molecule has 0 fully saturated rings. The van der Waals surface area contributed by atoms with Crippen molar-refractivity contribution in [1.82, 2.24) is 9.97 Å². The molecule has 1 aliphatic heterocycles. The highest BCUT2D eigenvalue weighted by atomic mass is 16.5. The largest absolute Gasteiger partial charge is 0.474 e. The molecule has 0 unspecified atom stereocenters. The Kier molecular flexibility index (Phi) is 2.54. The Morgan fingerprint density at radius 1 is 0.941 bits per heavy atom. The minimum absolute atomic E-state index is 0.628. The second kappa shape index (κ2) is 4.33. The van der Waals surface area contributed by atoms with Crippen LogP contribution in [0.4, 0.5) is 0 Å². The van der Waals surface area contributed by atoms with Crippen molar-refractivity contribution in [3.8, 4) is 11.4 Å². The zero-order valence-corrected chi connectivity index (χ0v) is 9.21. The predicted molar refractivity (Wildman–Crippen MR) is 64.8 cm³/mol. The number of aromatic nitrogens is 2. The first kappa shape index (κ1) is 9.96. The fraction of sp³-hybridized carbons (Fsp3) is 0.154. The van der Waals surface area contributed by atoms with Gasteiger partial charge in [-0.3, -0.25) is 4.98 Å². The van der Waals surface area contributed by atoms with Crippen LogP contribution in [-0.4, -0.2) is 29.0 Å². The summed E-state index contributed by atoms with van der Waals surface area (Å²) in [5.41, 5.74) is 2.46. The number of hydrogen-bond donors (Lipinski definition) is 0.